The fourth-order valence-electron chi connectivity index (χ4n) is 11.2. The first kappa shape index (κ1) is 57.9. The maximum atomic E-state index is 14.2. The number of likely N-dealkylation sites (N-methyl/N-ethyl adjacent to an activating group) is 1. The number of benzene rings is 1. The van der Waals surface area contributed by atoms with Crippen LogP contribution in [0.15, 0.2) is 53.4 Å². The molecular formula is C56H81N5O13S. The molecule has 10 atom stereocenters. The van der Waals surface area contributed by atoms with Gasteiger partial charge in [-0.25, -0.2) is 9.78 Å². The lowest BCUT2D eigenvalue weighted by Crippen LogP contribution is -2.55. The minimum Gasteiger partial charge on any atom is -0.491 e. The van der Waals surface area contributed by atoms with Crippen LogP contribution in [-0.2, 0) is 42.8 Å². The molecule has 7 rings (SSSR count). The quantitative estimate of drug-likeness (QED) is 0.0406. The molecule has 3 fully saturated rings. The van der Waals surface area contributed by atoms with Crippen molar-refractivity contribution in [3.8, 4) is 5.75 Å². The Morgan fingerprint density at radius 1 is 0.907 bits per heavy atom. The average Bonchev–Trinajstić information content (AvgIpc) is 4.11. The Labute approximate surface area is 446 Å². The molecule has 0 spiro atoms. The van der Waals surface area contributed by atoms with Gasteiger partial charge in [0, 0.05) is 36.4 Å². The number of esters is 1. The molecule has 3 aliphatic carbocycles. The second-order valence-electron chi connectivity index (χ2n) is 20.8. The number of likely N-dealkylation sites (tertiary alicyclic amines) is 1. The van der Waals surface area contributed by atoms with Crippen molar-refractivity contribution in [1.29, 1.82) is 0 Å². The van der Waals surface area contributed by atoms with Gasteiger partial charge in [-0.2, -0.15) is 0 Å². The van der Waals surface area contributed by atoms with Gasteiger partial charge in [-0.15, -0.1) is 11.3 Å². The van der Waals surface area contributed by atoms with Crippen molar-refractivity contribution in [2.75, 3.05) is 79.6 Å². The first-order valence-electron chi connectivity index (χ1n) is 27.4. The van der Waals surface area contributed by atoms with Crippen molar-refractivity contribution < 1.29 is 62.2 Å². The molecule has 3 amide bonds. The lowest BCUT2D eigenvalue weighted by molar-refractivity contribution is -0.160. The Morgan fingerprint density at radius 3 is 2.35 bits per heavy atom. The average molecular weight is 1060 g/mol. The van der Waals surface area contributed by atoms with Crippen LogP contribution >= 0.6 is 11.3 Å². The zero-order valence-electron chi connectivity index (χ0n) is 44.4. The maximum Gasteiger partial charge on any atom is 0.407 e. The van der Waals surface area contributed by atoms with E-state index >= 15 is 0 Å². The number of ether oxygens (including phenoxy) is 7. The van der Waals surface area contributed by atoms with E-state index in [9.17, 15) is 29.1 Å². The van der Waals surface area contributed by atoms with E-state index in [4.69, 9.17) is 38.1 Å². The van der Waals surface area contributed by atoms with Crippen LogP contribution in [0.4, 0.5) is 4.79 Å². The Bertz CT molecular complexity index is 2230. The first-order valence-corrected chi connectivity index (χ1v) is 28.3. The molecule has 2 aromatic rings. The molecule has 3 heterocycles. The number of amides is 3. The number of allylic oxidation sites excluding steroid dienone is 3. The molecular weight excluding hydrogens is 983 g/mol. The number of thiazole rings is 1. The fraction of sp³-hybridized carbons (Fsp3) is 0.679. The van der Waals surface area contributed by atoms with Crippen LogP contribution in [0.3, 0.4) is 0 Å². The molecule has 414 valence electrons. The van der Waals surface area contributed by atoms with Crippen LogP contribution in [-0.4, -0.2) is 155 Å². The van der Waals surface area contributed by atoms with Crippen LogP contribution in [0, 0.1) is 29.6 Å². The second kappa shape index (κ2) is 29.7. The van der Waals surface area contributed by atoms with E-state index in [1.165, 1.54) is 16.9 Å². The molecule has 75 heavy (non-hydrogen) atoms. The van der Waals surface area contributed by atoms with Gasteiger partial charge >= 0.3 is 12.1 Å². The van der Waals surface area contributed by atoms with Crippen LogP contribution < -0.4 is 20.7 Å². The number of nitrogens with zero attached hydrogens (tertiary/aromatic N) is 2. The van der Waals surface area contributed by atoms with E-state index < -0.39 is 24.3 Å². The summed E-state index contributed by atoms with van der Waals surface area (Å²) in [4.78, 5) is 72.3. The van der Waals surface area contributed by atoms with Gasteiger partial charge in [0.1, 0.15) is 41.3 Å². The molecule has 1 aromatic carbocycles. The Hall–Kier alpha value is -4.76. The van der Waals surface area contributed by atoms with Gasteiger partial charge in [0.15, 0.2) is 0 Å². The number of nitrogens with one attached hydrogen (secondary N) is 3. The minimum absolute atomic E-state index is 0.0438. The van der Waals surface area contributed by atoms with E-state index in [1.54, 1.807) is 43.6 Å². The molecule has 2 saturated heterocycles. The van der Waals surface area contributed by atoms with Crippen molar-refractivity contribution in [1.82, 2.24) is 25.8 Å². The largest absolute Gasteiger partial charge is 0.491 e. The third-order valence-corrected chi connectivity index (χ3v) is 16.2. The highest BCUT2D eigenvalue weighted by Crippen LogP contribution is 2.45. The molecule has 0 unspecified atom stereocenters. The predicted molar refractivity (Wildman–Crippen MR) is 281 cm³/mol. The van der Waals surface area contributed by atoms with Crippen LogP contribution in [0.25, 0.3) is 0 Å². The van der Waals surface area contributed by atoms with Gasteiger partial charge in [-0.3, -0.25) is 19.2 Å². The van der Waals surface area contributed by atoms with Crippen LogP contribution in [0.5, 0.6) is 5.75 Å². The number of hydrogen-bond donors (Lipinski definition) is 4. The number of carbonyl (C=O) groups excluding carboxylic acids is 5. The van der Waals surface area contributed by atoms with Crippen molar-refractivity contribution in [2.24, 2.45) is 29.6 Å². The topological polar surface area (TPSA) is 222 Å². The lowest BCUT2D eigenvalue weighted by atomic mass is 9.65. The monoisotopic (exact) mass is 1060 g/mol. The van der Waals surface area contributed by atoms with Gasteiger partial charge in [-0.05, 0) is 100 Å². The normalized spacial score (nSPS) is 25.6. The third-order valence-electron chi connectivity index (χ3n) is 15.2. The molecule has 18 nitrogen and oxygen atoms in total. The minimum atomic E-state index is -0.660. The summed E-state index contributed by atoms with van der Waals surface area (Å²) in [7, 11) is 1.73. The predicted octanol–water partition coefficient (Wildman–Crippen LogP) is 6.50. The van der Waals surface area contributed by atoms with Gasteiger partial charge in [-0.1, -0.05) is 63.5 Å². The number of rotatable bonds is 28. The van der Waals surface area contributed by atoms with Crippen molar-refractivity contribution in [3.63, 3.8) is 0 Å². The number of ketones is 1. The maximum absolute atomic E-state index is 14.2. The number of alkyl carbamates (subject to hydrolysis) is 1. The summed E-state index contributed by atoms with van der Waals surface area (Å²) in [6, 6.07) is 5.75. The number of hydrogen-bond acceptors (Lipinski definition) is 16. The molecule has 0 radical (unpaired) electrons. The molecule has 0 bridgehead atoms. The summed E-state index contributed by atoms with van der Waals surface area (Å²) in [5, 5.41) is 21.5. The van der Waals surface area contributed by atoms with E-state index in [0.29, 0.717) is 95.8 Å². The summed E-state index contributed by atoms with van der Waals surface area (Å²) in [6.07, 6.45) is 14.2. The molecule has 5 aliphatic rings. The first-order chi connectivity index (χ1) is 36.4. The molecule has 1 aromatic heterocycles. The van der Waals surface area contributed by atoms with Gasteiger partial charge in [0.25, 0.3) is 0 Å². The van der Waals surface area contributed by atoms with E-state index in [2.05, 4.69) is 48.0 Å². The van der Waals surface area contributed by atoms with Crippen molar-refractivity contribution >= 4 is 41.0 Å². The summed E-state index contributed by atoms with van der Waals surface area (Å²) in [5.41, 5.74) is 1.96. The summed E-state index contributed by atoms with van der Waals surface area (Å²) >= 11 is 1.39. The summed E-state index contributed by atoms with van der Waals surface area (Å²) in [5.74, 6) is 0.586. The standard InChI is InChI=1S/C56H81N5O13S/c1-36-30-40-16-15-37(2)45(18-17-44-33-42(62)34-49(63)73-44)50(40)48(31-36)74-56(67)58-19-21-68-22-23-69-24-25-70-26-27-71-28-29-72-43-13-8-12-41(32-43)52(64)46-35-75-54(59-46)47-14-9-20-61(47)55(66)51(39-10-6-5-7-11-39)60-53(65)38(3)57-4/h8,12-13,15-16,30,32,35-39,42,44-45,47-48,50-51,57,62H,5-7,9-11,14,17-29,31,33-34H2,1-4H3,(H,58,67)(H,60,65)/t36-,37-,38-,42+,44+,45-,47-,48-,50-,51-/m0/s1. The van der Waals surface area contributed by atoms with Gasteiger partial charge < -0.3 is 59.1 Å². The fourth-order valence-corrected chi connectivity index (χ4v) is 12.1. The van der Waals surface area contributed by atoms with Crippen LogP contribution in [0.2, 0.25) is 0 Å². The number of fused-ring (bicyclic) bond motifs is 1. The molecule has 2 aliphatic heterocycles. The molecule has 19 heteroatoms. The smallest absolute Gasteiger partial charge is 0.407 e. The highest BCUT2D eigenvalue weighted by molar-refractivity contribution is 7.10. The summed E-state index contributed by atoms with van der Waals surface area (Å²) in [6.45, 7) is 10.2. The van der Waals surface area contributed by atoms with E-state index in [1.807, 2.05) is 4.90 Å². The molecule has 1 saturated carbocycles. The number of cyclic esters (lactones) is 1. The number of aliphatic hydroxyl groups is 1. The Balaban J connectivity index is 0.717. The number of aliphatic hydroxyl groups excluding tert-OH is 1. The van der Waals surface area contributed by atoms with Gasteiger partial charge in [0.05, 0.1) is 77.5 Å². The third kappa shape index (κ3) is 17.1. The van der Waals surface area contributed by atoms with E-state index in [0.717, 1.165) is 62.8 Å². The summed E-state index contributed by atoms with van der Waals surface area (Å²) < 4.78 is 40.0. The number of carbonyl (C=O) groups is 5. The zero-order chi connectivity index (χ0) is 53.1. The highest BCUT2D eigenvalue weighted by Gasteiger charge is 2.43. The SMILES string of the molecule is CN[C@@H](C)C(=O)N[C@H](C(=O)N1CCC[C@H]1c1nc(C(=O)c2cccc(OCCOCCOCCOCCOCCNC(=O)O[C@H]3C[C@@H](C)C=C4C=C[C@H](C)[C@H](CC[C@@H]5C[C@@H](O)CC(=O)O5)[C@H]43)c2)cs1)C1CCCCC1. The Morgan fingerprint density at radius 2 is 1.63 bits per heavy atom. The number of aromatic nitrogens is 1. The van der Waals surface area contributed by atoms with Gasteiger partial charge in [0.2, 0.25) is 17.6 Å². The highest BCUT2D eigenvalue weighted by atomic mass is 32.1. The van der Waals surface area contributed by atoms with Crippen molar-refractivity contribution in [3.05, 3.63) is 69.7 Å². The van der Waals surface area contributed by atoms with Crippen LogP contribution in [0.1, 0.15) is 125 Å². The lowest BCUT2D eigenvalue weighted by Gasteiger charge is -2.43. The Kier molecular flexibility index (Phi) is 22.9. The van der Waals surface area contributed by atoms with E-state index in [-0.39, 0.29) is 84.4 Å². The van der Waals surface area contributed by atoms with Crippen molar-refractivity contribution in [2.45, 2.75) is 134 Å². The molecule has 4 N–H and O–H groups in total. The zero-order valence-corrected chi connectivity index (χ0v) is 45.2. The second-order valence-corrected chi connectivity index (χ2v) is 21.6.